The van der Waals surface area contributed by atoms with Crippen LogP contribution in [0.3, 0.4) is 0 Å². The highest BCUT2D eigenvalue weighted by Gasteiger charge is 2.20. The summed E-state index contributed by atoms with van der Waals surface area (Å²) < 4.78 is 14.3. The first-order valence-electron chi connectivity index (χ1n) is 8.35. The molecular formula is C18H22BrFN4S. The normalized spacial score (nSPS) is 16.1. The Bertz CT molecular complexity index is 712. The topological polar surface area (TPSA) is 39.7 Å². The lowest BCUT2D eigenvalue weighted by molar-refractivity contribution is 0.462. The third-order valence-corrected chi connectivity index (χ3v) is 6.03. The molecule has 1 aliphatic heterocycles. The van der Waals surface area contributed by atoms with Crippen molar-refractivity contribution in [2.75, 3.05) is 25.0 Å². The van der Waals surface area contributed by atoms with Gasteiger partial charge in [-0.1, -0.05) is 15.9 Å². The number of aliphatic imine (C=N–C) groups is 1. The predicted octanol–water partition coefficient (Wildman–Crippen LogP) is 3.98. The molecule has 0 amide bonds. The van der Waals surface area contributed by atoms with E-state index >= 15 is 0 Å². The minimum Gasteiger partial charge on any atom is -0.363 e. The molecule has 2 aromatic rings. The molecule has 25 heavy (non-hydrogen) atoms. The molecule has 1 aromatic carbocycles. The molecule has 0 radical (unpaired) electrons. The molecule has 0 unspecified atom stereocenters. The molecule has 4 nitrogen and oxygen atoms in total. The third-order valence-electron chi connectivity index (χ3n) is 4.33. The number of rotatable bonds is 4. The molecule has 7 heteroatoms. The van der Waals surface area contributed by atoms with Gasteiger partial charge in [0.05, 0.1) is 5.00 Å². The number of guanidine groups is 1. The van der Waals surface area contributed by atoms with E-state index in [9.17, 15) is 4.39 Å². The van der Waals surface area contributed by atoms with E-state index in [2.05, 4.69) is 54.0 Å². The highest BCUT2D eigenvalue weighted by atomic mass is 79.9. The number of hydrogen-bond acceptors (Lipinski definition) is 3. The van der Waals surface area contributed by atoms with Gasteiger partial charge in [-0.3, -0.25) is 4.99 Å². The van der Waals surface area contributed by atoms with Gasteiger partial charge >= 0.3 is 0 Å². The predicted molar refractivity (Wildman–Crippen MR) is 107 cm³/mol. The molecule has 134 valence electrons. The highest BCUT2D eigenvalue weighted by Crippen LogP contribution is 2.24. The number of piperidine rings is 1. The van der Waals surface area contributed by atoms with Crippen molar-refractivity contribution in [3.05, 3.63) is 51.6 Å². The van der Waals surface area contributed by atoms with E-state index in [0.717, 1.165) is 41.9 Å². The first-order valence-corrected chi connectivity index (χ1v) is 10.0. The van der Waals surface area contributed by atoms with Gasteiger partial charge in [-0.25, -0.2) is 4.39 Å². The average molecular weight is 425 g/mol. The Morgan fingerprint density at radius 2 is 2.16 bits per heavy atom. The minimum atomic E-state index is -0.233. The van der Waals surface area contributed by atoms with E-state index < -0.39 is 0 Å². The highest BCUT2D eigenvalue weighted by molar-refractivity contribution is 9.10. The first-order chi connectivity index (χ1) is 12.2. The van der Waals surface area contributed by atoms with Crippen LogP contribution in [0.1, 0.15) is 18.4 Å². The van der Waals surface area contributed by atoms with Crippen LogP contribution < -0.4 is 15.5 Å². The Morgan fingerprint density at radius 1 is 1.36 bits per heavy atom. The number of anilines is 1. The van der Waals surface area contributed by atoms with Gasteiger partial charge in [0.15, 0.2) is 5.96 Å². The summed E-state index contributed by atoms with van der Waals surface area (Å²) in [4.78, 5) is 6.73. The molecule has 0 bridgehead atoms. The Hall–Kier alpha value is -1.60. The lowest BCUT2D eigenvalue weighted by atomic mass is 10.1. The van der Waals surface area contributed by atoms with Crippen LogP contribution >= 0.6 is 27.3 Å². The van der Waals surface area contributed by atoms with Crippen LogP contribution in [-0.4, -0.2) is 32.1 Å². The molecule has 1 saturated heterocycles. The van der Waals surface area contributed by atoms with Crippen LogP contribution in [0, 0.1) is 5.82 Å². The standard InChI is InChI=1S/C18H22BrFN4S/c1-21-18(22-12-13-11-14(20)4-5-16(13)19)23-15-6-8-24(9-7-15)17-3-2-10-25-17/h2-5,10-11,15H,6-9,12H2,1H3,(H2,21,22,23). The monoisotopic (exact) mass is 424 g/mol. The van der Waals surface area contributed by atoms with Gasteiger partial charge in [-0.2, -0.15) is 0 Å². The van der Waals surface area contributed by atoms with E-state index in [-0.39, 0.29) is 5.82 Å². The van der Waals surface area contributed by atoms with Gasteiger partial charge in [0, 0.05) is 37.2 Å². The second-order valence-electron chi connectivity index (χ2n) is 6.02. The van der Waals surface area contributed by atoms with Gasteiger partial charge in [-0.15, -0.1) is 11.3 Å². The Labute approximate surface area is 160 Å². The molecule has 1 aromatic heterocycles. The summed E-state index contributed by atoms with van der Waals surface area (Å²) >= 11 is 5.25. The van der Waals surface area contributed by atoms with E-state index in [1.807, 2.05) is 0 Å². The van der Waals surface area contributed by atoms with E-state index in [1.54, 1.807) is 24.5 Å². The van der Waals surface area contributed by atoms with Crippen LogP contribution in [0.2, 0.25) is 0 Å². The van der Waals surface area contributed by atoms with Gasteiger partial charge in [-0.05, 0) is 54.1 Å². The summed E-state index contributed by atoms with van der Waals surface area (Å²) in [6.45, 7) is 2.61. The summed E-state index contributed by atoms with van der Waals surface area (Å²) in [6.07, 6.45) is 2.14. The lowest BCUT2D eigenvalue weighted by Gasteiger charge is -2.33. The zero-order valence-electron chi connectivity index (χ0n) is 14.1. The van der Waals surface area contributed by atoms with Crippen molar-refractivity contribution in [1.29, 1.82) is 0 Å². The molecule has 0 saturated carbocycles. The molecule has 2 N–H and O–H groups in total. The van der Waals surface area contributed by atoms with Gasteiger partial charge in [0.2, 0.25) is 0 Å². The second kappa shape index (κ2) is 8.67. The Balaban J connectivity index is 1.49. The van der Waals surface area contributed by atoms with Crippen LogP contribution in [0.25, 0.3) is 0 Å². The first kappa shape index (κ1) is 18.2. The Morgan fingerprint density at radius 3 is 2.84 bits per heavy atom. The van der Waals surface area contributed by atoms with E-state index in [4.69, 9.17) is 0 Å². The summed E-state index contributed by atoms with van der Waals surface area (Å²) in [5.74, 6) is 0.523. The fraction of sp³-hybridized carbons (Fsp3) is 0.389. The summed E-state index contributed by atoms with van der Waals surface area (Å²) in [5.41, 5.74) is 0.871. The van der Waals surface area contributed by atoms with Crippen LogP contribution in [0.15, 0.2) is 45.2 Å². The quantitative estimate of drug-likeness (QED) is 0.575. The number of nitrogens with zero attached hydrogens (tertiary/aromatic N) is 2. The van der Waals surface area contributed by atoms with Crippen molar-refractivity contribution in [2.45, 2.75) is 25.4 Å². The fourth-order valence-corrected chi connectivity index (χ4v) is 4.11. The number of thiophene rings is 1. The number of nitrogens with one attached hydrogen (secondary N) is 2. The maximum atomic E-state index is 13.4. The van der Waals surface area contributed by atoms with Crippen LogP contribution in [-0.2, 0) is 6.54 Å². The number of benzene rings is 1. The number of halogens is 2. The molecule has 3 rings (SSSR count). The largest absolute Gasteiger partial charge is 0.363 e. The van der Waals surface area contributed by atoms with Crippen LogP contribution in [0.5, 0.6) is 0 Å². The minimum absolute atomic E-state index is 0.233. The Kier molecular flexibility index (Phi) is 6.31. The third kappa shape index (κ3) is 4.95. The van der Waals surface area contributed by atoms with Crippen molar-refractivity contribution < 1.29 is 4.39 Å². The molecule has 1 fully saturated rings. The van der Waals surface area contributed by atoms with E-state index in [0.29, 0.717) is 12.6 Å². The molecular weight excluding hydrogens is 403 g/mol. The van der Waals surface area contributed by atoms with Crippen molar-refractivity contribution in [2.24, 2.45) is 4.99 Å². The maximum Gasteiger partial charge on any atom is 0.191 e. The van der Waals surface area contributed by atoms with Crippen molar-refractivity contribution in [3.63, 3.8) is 0 Å². The van der Waals surface area contributed by atoms with E-state index in [1.165, 1.54) is 17.1 Å². The smallest absolute Gasteiger partial charge is 0.191 e. The SMILES string of the molecule is CN=C(NCc1cc(F)ccc1Br)NC1CCN(c2cccs2)CC1. The zero-order valence-corrected chi connectivity index (χ0v) is 16.5. The molecule has 0 aliphatic carbocycles. The average Bonchev–Trinajstić information content (AvgIpc) is 3.16. The second-order valence-corrected chi connectivity index (χ2v) is 7.80. The molecule has 2 heterocycles. The molecule has 0 spiro atoms. The number of hydrogen-bond donors (Lipinski definition) is 2. The molecule has 1 aliphatic rings. The summed E-state index contributed by atoms with van der Waals surface area (Å²) in [5, 5.41) is 10.2. The van der Waals surface area contributed by atoms with Crippen molar-refractivity contribution in [3.8, 4) is 0 Å². The van der Waals surface area contributed by atoms with Gasteiger partial charge in [0.1, 0.15) is 5.82 Å². The fourth-order valence-electron chi connectivity index (χ4n) is 2.94. The lowest BCUT2D eigenvalue weighted by Crippen LogP contribution is -2.48. The van der Waals surface area contributed by atoms with Crippen molar-refractivity contribution >= 4 is 38.2 Å². The summed E-state index contributed by atoms with van der Waals surface area (Å²) in [6, 6.07) is 9.38. The summed E-state index contributed by atoms with van der Waals surface area (Å²) in [7, 11) is 1.76. The van der Waals surface area contributed by atoms with Crippen molar-refractivity contribution in [1.82, 2.24) is 10.6 Å². The van der Waals surface area contributed by atoms with Gasteiger partial charge < -0.3 is 15.5 Å². The zero-order chi connectivity index (χ0) is 17.6. The maximum absolute atomic E-state index is 13.4. The molecule has 0 atom stereocenters. The van der Waals surface area contributed by atoms with Crippen LogP contribution in [0.4, 0.5) is 9.39 Å². The van der Waals surface area contributed by atoms with Gasteiger partial charge in [0.25, 0.3) is 0 Å².